The molecule has 2 N–H and O–H groups in total. The average Bonchev–Trinajstić information content (AvgIpc) is 3.04. The number of aryl methyl sites for hydroxylation is 2. The van der Waals surface area contributed by atoms with Gasteiger partial charge in [0.05, 0.1) is 11.8 Å². The van der Waals surface area contributed by atoms with E-state index in [0.29, 0.717) is 5.82 Å². The normalized spacial score (nSPS) is 30.7. The molecule has 0 spiro atoms. The number of fused-ring (bicyclic) bond motifs is 2. The molecule has 2 bridgehead atoms. The van der Waals surface area contributed by atoms with Crippen molar-refractivity contribution in [2.45, 2.75) is 13.3 Å². The van der Waals surface area contributed by atoms with Crippen LogP contribution in [-0.2, 0) is 16.6 Å². The molecule has 1 aromatic rings. The minimum atomic E-state index is -0.890. The lowest BCUT2D eigenvalue weighted by atomic mass is 9.82. The van der Waals surface area contributed by atoms with E-state index < -0.39 is 17.8 Å². The molecule has 106 valence electrons. The van der Waals surface area contributed by atoms with Crippen LogP contribution in [0.15, 0.2) is 18.2 Å². The number of rotatable bonds is 3. The fourth-order valence-corrected chi connectivity index (χ4v) is 3.35. The number of allylic oxidation sites excluding steroid dienone is 2. The Kier molecular flexibility index (Phi) is 2.88. The molecule has 3 rings (SSSR count). The van der Waals surface area contributed by atoms with Crippen LogP contribution in [0.3, 0.4) is 0 Å². The number of carbonyl (C=O) groups excluding carboxylic acids is 1. The van der Waals surface area contributed by atoms with Crippen LogP contribution >= 0.6 is 0 Å². The molecule has 0 aromatic carbocycles. The second-order valence-electron chi connectivity index (χ2n) is 5.62. The first-order valence-electron chi connectivity index (χ1n) is 6.70. The average molecular weight is 275 g/mol. The minimum absolute atomic E-state index is 0.0151. The Balaban J connectivity index is 1.79. The van der Waals surface area contributed by atoms with E-state index in [1.165, 1.54) is 0 Å². The van der Waals surface area contributed by atoms with Crippen molar-refractivity contribution in [3.05, 3.63) is 23.9 Å². The van der Waals surface area contributed by atoms with E-state index in [1.807, 2.05) is 19.1 Å². The first kappa shape index (κ1) is 12.9. The maximum atomic E-state index is 12.4. The van der Waals surface area contributed by atoms with Crippen LogP contribution in [0.25, 0.3) is 0 Å². The number of anilines is 1. The molecule has 6 nitrogen and oxygen atoms in total. The Morgan fingerprint density at radius 3 is 2.55 bits per heavy atom. The molecular weight excluding hydrogens is 258 g/mol. The van der Waals surface area contributed by atoms with Gasteiger partial charge in [0, 0.05) is 18.8 Å². The van der Waals surface area contributed by atoms with Crippen molar-refractivity contribution in [3.8, 4) is 0 Å². The van der Waals surface area contributed by atoms with Gasteiger partial charge in [0.15, 0.2) is 5.82 Å². The Morgan fingerprint density at radius 1 is 1.35 bits per heavy atom. The molecule has 20 heavy (non-hydrogen) atoms. The van der Waals surface area contributed by atoms with Crippen molar-refractivity contribution < 1.29 is 14.7 Å². The summed E-state index contributed by atoms with van der Waals surface area (Å²) < 4.78 is 1.67. The van der Waals surface area contributed by atoms with Gasteiger partial charge in [-0.2, -0.15) is 5.10 Å². The number of carboxylic acids is 1. The van der Waals surface area contributed by atoms with Gasteiger partial charge >= 0.3 is 5.97 Å². The molecule has 1 saturated carbocycles. The van der Waals surface area contributed by atoms with E-state index in [4.69, 9.17) is 0 Å². The molecule has 0 saturated heterocycles. The van der Waals surface area contributed by atoms with E-state index >= 15 is 0 Å². The summed E-state index contributed by atoms with van der Waals surface area (Å²) in [6.07, 6.45) is 4.66. The van der Waals surface area contributed by atoms with Crippen molar-refractivity contribution >= 4 is 17.7 Å². The van der Waals surface area contributed by atoms with E-state index in [-0.39, 0.29) is 17.7 Å². The standard InChI is InChI=1S/C14H17N3O3/c1-7-5-10(16-17(7)2)15-13(18)11-8-3-4-9(6-8)12(11)14(19)20/h3-5,8-9,11-12H,6H2,1-2H3,(H,19,20)(H,15,16,18). The fourth-order valence-electron chi connectivity index (χ4n) is 3.35. The van der Waals surface area contributed by atoms with Crippen molar-refractivity contribution in [2.75, 3.05) is 5.32 Å². The number of hydrogen-bond donors (Lipinski definition) is 2. The van der Waals surface area contributed by atoms with E-state index in [0.717, 1.165) is 12.1 Å². The van der Waals surface area contributed by atoms with Crippen LogP contribution in [0, 0.1) is 30.6 Å². The topological polar surface area (TPSA) is 84.2 Å². The summed E-state index contributed by atoms with van der Waals surface area (Å²) in [5.74, 6) is -1.75. The summed E-state index contributed by atoms with van der Waals surface area (Å²) in [7, 11) is 1.80. The molecule has 1 aromatic heterocycles. The molecule has 0 radical (unpaired) electrons. The van der Waals surface area contributed by atoms with Crippen molar-refractivity contribution in [3.63, 3.8) is 0 Å². The highest BCUT2D eigenvalue weighted by Gasteiger charge is 2.51. The van der Waals surface area contributed by atoms with E-state index in [2.05, 4.69) is 10.4 Å². The largest absolute Gasteiger partial charge is 0.481 e. The van der Waals surface area contributed by atoms with Gasteiger partial charge in [-0.25, -0.2) is 0 Å². The lowest BCUT2D eigenvalue weighted by molar-refractivity contribution is -0.146. The third-order valence-corrected chi connectivity index (χ3v) is 4.41. The summed E-state index contributed by atoms with van der Waals surface area (Å²) in [6.45, 7) is 1.89. The van der Waals surface area contributed by atoms with Gasteiger partial charge in [0.1, 0.15) is 0 Å². The molecule has 2 aliphatic rings. The molecule has 6 heteroatoms. The first-order chi connectivity index (χ1) is 9.47. The van der Waals surface area contributed by atoms with Crippen LogP contribution in [0.2, 0.25) is 0 Å². The smallest absolute Gasteiger partial charge is 0.307 e. The third kappa shape index (κ3) is 1.92. The molecule has 4 unspecified atom stereocenters. The van der Waals surface area contributed by atoms with Gasteiger partial charge in [0.25, 0.3) is 0 Å². The predicted octanol–water partition coefficient (Wildman–Crippen LogP) is 1.19. The number of carboxylic acid groups (broad SMARTS) is 1. The molecule has 1 fully saturated rings. The number of nitrogens with one attached hydrogen (secondary N) is 1. The predicted molar refractivity (Wildman–Crippen MR) is 71.9 cm³/mol. The summed E-state index contributed by atoms with van der Waals surface area (Å²) in [4.78, 5) is 23.8. The van der Waals surface area contributed by atoms with Crippen LogP contribution in [0.4, 0.5) is 5.82 Å². The maximum absolute atomic E-state index is 12.4. The van der Waals surface area contributed by atoms with E-state index in [9.17, 15) is 14.7 Å². The Morgan fingerprint density at radius 2 is 2.00 bits per heavy atom. The lowest BCUT2D eigenvalue weighted by Gasteiger charge is -2.23. The Bertz CT molecular complexity index is 585. The number of nitrogens with zero attached hydrogens (tertiary/aromatic N) is 2. The second kappa shape index (κ2) is 4.47. The van der Waals surface area contributed by atoms with Crippen LogP contribution < -0.4 is 5.32 Å². The Hall–Kier alpha value is -2.11. The summed E-state index contributed by atoms with van der Waals surface area (Å²) in [5.41, 5.74) is 0.933. The van der Waals surface area contributed by atoms with Crippen molar-refractivity contribution in [1.82, 2.24) is 9.78 Å². The molecule has 2 aliphatic carbocycles. The number of carbonyl (C=O) groups is 2. The zero-order valence-corrected chi connectivity index (χ0v) is 11.4. The quantitative estimate of drug-likeness (QED) is 0.812. The molecule has 4 atom stereocenters. The SMILES string of the molecule is Cc1cc(NC(=O)C2C3C=CC(C3)C2C(=O)O)nn1C. The summed E-state index contributed by atoms with van der Waals surface area (Å²) >= 11 is 0. The van der Waals surface area contributed by atoms with Gasteiger partial charge in [0.2, 0.25) is 5.91 Å². The molecule has 1 heterocycles. The monoisotopic (exact) mass is 275 g/mol. The minimum Gasteiger partial charge on any atom is -0.481 e. The van der Waals surface area contributed by atoms with Gasteiger partial charge < -0.3 is 10.4 Å². The summed E-state index contributed by atoms with van der Waals surface area (Å²) in [6, 6.07) is 1.77. The highest BCUT2D eigenvalue weighted by Crippen LogP contribution is 2.48. The van der Waals surface area contributed by atoms with Crippen molar-refractivity contribution in [1.29, 1.82) is 0 Å². The fraction of sp³-hybridized carbons (Fsp3) is 0.500. The zero-order valence-electron chi connectivity index (χ0n) is 11.4. The van der Waals surface area contributed by atoms with Crippen LogP contribution in [0.5, 0.6) is 0 Å². The zero-order chi connectivity index (χ0) is 14.4. The molecular formula is C14H17N3O3. The van der Waals surface area contributed by atoms with Gasteiger partial charge in [-0.1, -0.05) is 12.2 Å². The molecule has 1 amide bonds. The highest BCUT2D eigenvalue weighted by atomic mass is 16.4. The summed E-state index contributed by atoms with van der Waals surface area (Å²) in [5, 5.41) is 16.3. The van der Waals surface area contributed by atoms with Gasteiger partial charge in [-0.05, 0) is 25.2 Å². The Labute approximate surface area is 116 Å². The van der Waals surface area contributed by atoms with E-state index in [1.54, 1.807) is 17.8 Å². The second-order valence-corrected chi connectivity index (χ2v) is 5.62. The lowest BCUT2D eigenvalue weighted by Crippen LogP contribution is -2.36. The number of aliphatic carboxylic acids is 1. The highest BCUT2D eigenvalue weighted by molar-refractivity contribution is 5.95. The number of amides is 1. The number of aromatic nitrogens is 2. The van der Waals surface area contributed by atoms with Gasteiger partial charge in [-0.15, -0.1) is 0 Å². The molecule has 0 aliphatic heterocycles. The van der Waals surface area contributed by atoms with Crippen LogP contribution in [0.1, 0.15) is 12.1 Å². The van der Waals surface area contributed by atoms with Gasteiger partial charge in [-0.3, -0.25) is 14.3 Å². The number of hydrogen-bond acceptors (Lipinski definition) is 3. The van der Waals surface area contributed by atoms with Crippen LogP contribution in [-0.4, -0.2) is 26.8 Å². The maximum Gasteiger partial charge on any atom is 0.307 e. The van der Waals surface area contributed by atoms with Crippen molar-refractivity contribution in [2.24, 2.45) is 30.7 Å². The third-order valence-electron chi connectivity index (χ3n) is 4.41. The first-order valence-corrected chi connectivity index (χ1v) is 6.70.